The Morgan fingerprint density at radius 1 is 0.468 bits per heavy atom. The molecule has 6 N–H and O–H groups in total. The number of rotatable bonds is 26. The normalized spacial score (nSPS) is 13.9. The predicted octanol–water partition coefficient (Wildman–Crippen LogP) is 2.12. The minimum Gasteiger partial charge on any atom is -0.396 e. The van der Waals surface area contributed by atoms with E-state index in [0.717, 1.165) is 30.4 Å². The fourth-order valence-corrected chi connectivity index (χ4v) is 19.4. The van der Waals surface area contributed by atoms with Crippen LogP contribution in [0.5, 0.6) is 0 Å². The Labute approximate surface area is 303 Å². The van der Waals surface area contributed by atoms with Gasteiger partial charge in [-0.1, -0.05) is 21.6 Å². The van der Waals surface area contributed by atoms with E-state index in [0.29, 0.717) is 36.5 Å². The van der Waals surface area contributed by atoms with Gasteiger partial charge in [-0.25, -0.2) is 8.42 Å². The molecule has 0 aliphatic carbocycles. The van der Waals surface area contributed by atoms with Gasteiger partial charge in [-0.15, -0.1) is 0 Å². The molecule has 0 fully saturated rings. The van der Waals surface area contributed by atoms with Crippen molar-refractivity contribution in [1.82, 2.24) is 0 Å². The van der Waals surface area contributed by atoms with E-state index in [2.05, 4.69) is 0 Å². The quantitative estimate of drug-likeness (QED) is 0.0411. The lowest BCUT2D eigenvalue weighted by Crippen LogP contribution is -2.06. The van der Waals surface area contributed by atoms with Gasteiger partial charge >= 0.3 is 0 Å². The summed E-state index contributed by atoms with van der Waals surface area (Å²) in [7, 11) is -15.3. The SMILES string of the molecule is O=S(=O)(O)CCCCO.O=S(CCCS(=O)(=O)O)SSSCCCS(=O)(=O)O.O=S(SCCCS(=O)(=O)O)SSCCCS(=O)(=O)O. The average Bonchev–Trinajstić information content (AvgIpc) is 2.86. The summed E-state index contributed by atoms with van der Waals surface area (Å²) in [6, 6.07) is 0. The molecule has 288 valence electrons. The van der Waals surface area contributed by atoms with Crippen molar-refractivity contribution in [2.75, 3.05) is 58.4 Å². The monoisotopic (exact) mass is 934 g/mol. The van der Waals surface area contributed by atoms with Gasteiger partial charge in [-0.2, -0.15) is 42.1 Å². The zero-order valence-electron chi connectivity index (χ0n) is 24.2. The van der Waals surface area contributed by atoms with Crippen LogP contribution >= 0.6 is 61.9 Å². The summed E-state index contributed by atoms with van der Waals surface area (Å²) in [4.78, 5) is 0. The summed E-state index contributed by atoms with van der Waals surface area (Å²) in [5, 5.41) is 8.19. The molecule has 0 spiro atoms. The highest BCUT2D eigenvalue weighted by Crippen LogP contribution is 2.37. The first kappa shape index (κ1) is 53.3. The molecule has 0 bridgehead atoms. The largest absolute Gasteiger partial charge is 0.396 e. The molecule has 2 unspecified atom stereocenters. The van der Waals surface area contributed by atoms with Gasteiger partial charge in [0.1, 0.15) is 0 Å². The maximum Gasteiger partial charge on any atom is 0.264 e. The average molecular weight is 935 g/mol. The third kappa shape index (κ3) is 57.5. The molecule has 0 aromatic rings. The van der Waals surface area contributed by atoms with Crippen LogP contribution in [0.15, 0.2) is 0 Å². The highest BCUT2D eigenvalue weighted by atomic mass is 33.7. The lowest BCUT2D eigenvalue weighted by Gasteiger charge is -2.00. The van der Waals surface area contributed by atoms with Crippen molar-refractivity contribution in [3.63, 3.8) is 0 Å². The Hall–Kier alpha value is 1.91. The van der Waals surface area contributed by atoms with E-state index in [-0.39, 0.29) is 54.6 Å². The minimum absolute atomic E-state index is 0.0322. The van der Waals surface area contributed by atoms with Crippen molar-refractivity contribution >= 4 is 131 Å². The number of hydrogen-bond acceptors (Lipinski definition) is 19. The number of aliphatic hydroxyl groups excluding tert-OH is 1. The van der Waals surface area contributed by atoms with Crippen LogP contribution in [0.25, 0.3) is 0 Å². The van der Waals surface area contributed by atoms with E-state index in [4.69, 9.17) is 27.9 Å². The third-order valence-corrected chi connectivity index (χ3v) is 23.1. The molecule has 2 atom stereocenters. The van der Waals surface area contributed by atoms with Gasteiger partial charge in [-0.3, -0.25) is 22.8 Å². The van der Waals surface area contributed by atoms with Crippen molar-refractivity contribution in [3.05, 3.63) is 0 Å². The summed E-state index contributed by atoms with van der Waals surface area (Å²) in [5.74, 6) is -0.241. The van der Waals surface area contributed by atoms with Gasteiger partial charge in [0.05, 0.1) is 38.6 Å². The second-order valence-electron chi connectivity index (χ2n) is 8.16. The molecule has 0 radical (unpaired) electrons. The molecule has 0 amide bonds. The van der Waals surface area contributed by atoms with E-state index < -0.39 is 75.0 Å². The van der Waals surface area contributed by atoms with Crippen molar-refractivity contribution in [2.24, 2.45) is 0 Å². The highest BCUT2D eigenvalue weighted by Gasteiger charge is 2.10. The molecule has 47 heavy (non-hydrogen) atoms. The zero-order valence-corrected chi connectivity index (χ0v) is 34.8. The van der Waals surface area contributed by atoms with Crippen LogP contribution in [0.3, 0.4) is 0 Å². The molecular weight excluding hydrogens is 897 g/mol. The van der Waals surface area contributed by atoms with Crippen LogP contribution < -0.4 is 0 Å². The van der Waals surface area contributed by atoms with Gasteiger partial charge in [0.15, 0.2) is 8.86 Å². The van der Waals surface area contributed by atoms with Crippen LogP contribution in [0.1, 0.15) is 38.5 Å². The predicted molar refractivity (Wildman–Crippen MR) is 198 cm³/mol. The van der Waals surface area contributed by atoms with Crippen molar-refractivity contribution < 1.29 is 78.4 Å². The lowest BCUT2D eigenvalue weighted by molar-refractivity contribution is 0.287. The third-order valence-electron chi connectivity index (χ3n) is 3.77. The molecule has 0 rings (SSSR count). The Morgan fingerprint density at radius 2 is 0.851 bits per heavy atom. The molecule has 0 heterocycles. The maximum atomic E-state index is 11.4. The van der Waals surface area contributed by atoms with Crippen molar-refractivity contribution in [3.8, 4) is 0 Å². The zero-order chi connectivity index (χ0) is 37.2. The maximum absolute atomic E-state index is 11.4. The Morgan fingerprint density at radius 3 is 1.28 bits per heavy atom. The van der Waals surface area contributed by atoms with Gasteiger partial charge in [-0.05, 0) is 59.1 Å². The smallest absolute Gasteiger partial charge is 0.264 e. The molecule has 0 saturated carbocycles. The Kier molecular flexibility index (Phi) is 33.3. The van der Waals surface area contributed by atoms with Crippen LogP contribution in [0.4, 0.5) is 0 Å². The lowest BCUT2D eigenvalue weighted by atomic mass is 10.4. The summed E-state index contributed by atoms with van der Waals surface area (Å²) in [6.45, 7) is -0.0322. The molecule has 0 saturated heterocycles. The standard InChI is InChI=1S/2C6H14O7S6.C4H10O4S/c7-17(4-2-6-19(11,12)13)16-15-14-3-1-5-18(8,9)10;7-17(15-4-2-6-19(11,12)13)16-14-3-1-5-18(8,9)10;5-3-1-2-4-9(6,7)8/h2*1-6H2,(H,8,9,10)(H,11,12,13);5H,1-4H2,(H,6,7,8). The molecule has 0 aromatic carbocycles. The van der Waals surface area contributed by atoms with Crippen molar-refractivity contribution in [1.29, 1.82) is 0 Å². The van der Waals surface area contributed by atoms with E-state index >= 15 is 0 Å². The first-order valence-corrected chi connectivity index (χ1v) is 31.3. The van der Waals surface area contributed by atoms with Gasteiger partial charge in [0.2, 0.25) is 0 Å². The Bertz CT molecular complexity index is 1410. The summed E-state index contributed by atoms with van der Waals surface area (Å²) >= 11 is 0. The van der Waals surface area contributed by atoms with Gasteiger partial charge < -0.3 is 5.11 Å². The van der Waals surface area contributed by atoms with Crippen LogP contribution in [-0.2, 0) is 69.3 Å². The van der Waals surface area contributed by atoms with Crippen LogP contribution in [0, 0.1) is 0 Å². The van der Waals surface area contributed by atoms with Gasteiger partial charge in [0, 0.05) is 49.3 Å². The van der Waals surface area contributed by atoms with Crippen LogP contribution in [-0.4, -0.2) is 137 Å². The molecule has 0 aliphatic rings. The van der Waals surface area contributed by atoms with E-state index in [1.54, 1.807) is 0 Å². The van der Waals surface area contributed by atoms with E-state index in [1.165, 1.54) is 31.4 Å². The summed E-state index contributed by atoms with van der Waals surface area (Å²) in [5.41, 5.74) is 0. The summed E-state index contributed by atoms with van der Waals surface area (Å²) < 4.78 is 168. The van der Waals surface area contributed by atoms with Gasteiger partial charge in [0.25, 0.3) is 50.6 Å². The molecule has 31 heteroatoms. The molecular formula is C16H38O18S13. The fraction of sp³-hybridized carbons (Fsp3) is 1.00. The second kappa shape index (κ2) is 29.4. The Balaban J connectivity index is -0.000000658. The molecule has 0 aliphatic heterocycles. The van der Waals surface area contributed by atoms with Crippen LogP contribution in [0.2, 0.25) is 0 Å². The summed E-state index contributed by atoms with van der Waals surface area (Å²) in [6.07, 6.45) is 1.62. The minimum atomic E-state index is -4.00. The number of aliphatic hydroxyl groups is 1. The van der Waals surface area contributed by atoms with E-state index in [1.807, 2.05) is 0 Å². The number of unbranched alkanes of at least 4 members (excludes halogenated alkanes) is 1. The number of hydrogen-bond donors (Lipinski definition) is 6. The molecule has 0 aromatic heterocycles. The fourth-order valence-electron chi connectivity index (χ4n) is 1.94. The first-order valence-electron chi connectivity index (χ1n) is 12.3. The topological polar surface area (TPSA) is 326 Å². The molecule has 18 nitrogen and oxygen atoms in total. The second-order valence-corrected chi connectivity index (χ2v) is 30.4. The first-order chi connectivity index (χ1) is 21.3. The van der Waals surface area contributed by atoms with E-state index in [9.17, 15) is 50.5 Å². The van der Waals surface area contributed by atoms with Crippen molar-refractivity contribution in [2.45, 2.75) is 38.5 Å². The highest BCUT2D eigenvalue weighted by molar-refractivity contribution is 9.23.